The zero-order valence-electron chi connectivity index (χ0n) is 22.7. The third-order valence-electron chi connectivity index (χ3n) is 5.50. The average molecular weight is 505 g/mol. The zero-order chi connectivity index (χ0) is 26.6. The molecule has 0 bridgehead atoms. The highest BCUT2D eigenvalue weighted by atomic mass is 16.8. The van der Waals surface area contributed by atoms with Gasteiger partial charge in [0.05, 0.1) is 18.8 Å². The van der Waals surface area contributed by atoms with Gasteiger partial charge in [-0.05, 0) is 76.5 Å². The van der Waals surface area contributed by atoms with Crippen molar-refractivity contribution >= 4 is 18.0 Å². The van der Waals surface area contributed by atoms with Crippen LogP contribution in [0.5, 0.6) is 0 Å². The van der Waals surface area contributed by atoms with Gasteiger partial charge in [-0.1, -0.05) is 38.1 Å². The number of esters is 1. The highest BCUT2D eigenvalue weighted by Crippen LogP contribution is 2.21. The van der Waals surface area contributed by atoms with Gasteiger partial charge >= 0.3 is 5.97 Å². The summed E-state index contributed by atoms with van der Waals surface area (Å²) in [4.78, 5) is 29.9. The fourth-order valence-corrected chi connectivity index (χ4v) is 3.49. The number of ether oxygens (including phenoxy) is 3. The molecule has 0 radical (unpaired) electrons. The lowest BCUT2D eigenvalue weighted by Crippen LogP contribution is -2.44. The summed E-state index contributed by atoms with van der Waals surface area (Å²) >= 11 is 0. The number of nitrogens with one attached hydrogen (secondary N) is 2. The predicted octanol–water partition coefficient (Wildman–Crippen LogP) is 4.53. The standard InChI is InChI=1S/C28H44N2O6/c1-20(2)18-33-21(3)36-30-26(31)16-15-22-11-13-23(14-12-22)17-29-25(19-34-28(4,5)6)27(32)35-24-9-7-8-10-24/h11-16,20-21,24-25,29H,7-10,17-19H2,1-6H3,(H,30,31)/b16-15+/t21?,25-/m1/s1. The summed E-state index contributed by atoms with van der Waals surface area (Å²) in [5, 5.41) is 3.29. The van der Waals surface area contributed by atoms with E-state index in [1.165, 1.54) is 6.08 Å². The van der Waals surface area contributed by atoms with Gasteiger partial charge in [0.2, 0.25) is 0 Å². The van der Waals surface area contributed by atoms with Crippen molar-refractivity contribution in [2.45, 2.75) is 97.8 Å². The Bertz CT molecular complexity index is 825. The lowest BCUT2D eigenvalue weighted by molar-refractivity contribution is -0.180. The van der Waals surface area contributed by atoms with Crippen LogP contribution in [0.2, 0.25) is 0 Å². The van der Waals surface area contributed by atoms with Gasteiger partial charge in [0.25, 0.3) is 5.91 Å². The molecule has 2 rings (SSSR count). The Hall–Kier alpha value is -2.26. The van der Waals surface area contributed by atoms with Crippen molar-refractivity contribution < 1.29 is 28.6 Å². The van der Waals surface area contributed by atoms with Gasteiger partial charge in [-0.15, -0.1) is 0 Å². The van der Waals surface area contributed by atoms with E-state index in [0.717, 1.165) is 36.8 Å². The molecule has 0 saturated heterocycles. The minimum Gasteiger partial charge on any atom is -0.461 e. The Labute approximate surface area is 216 Å². The molecule has 1 saturated carbocycles. The SMILES string of the molecule is CC(C)COC(C)ONC(=O)/C=C/c1ccc(CN[C@H](COC(C)(C)C)C(=O)OC2CCCC2)cc1. The first-order valence-corrected chi connectivity index (χ1v) is 12.9. The van der Waals surface area contributed by atoms with Gasteiger partial charge in [-0.2, -0.15) is 0 Å². The van der Waals surface area contributed by atoms with Gasteiger partial charge in [0.15, 0.2) is 6.29 Å². The molecule has 2 N–H and O–H groups in total. The Morgan fingerprint density at radius 2 is 1.72 bits per heavy atom. The lowest BCUT2D eigenvalue weighted by atomic mass is 10.1. The van der Waals surface area contributed by atoms with Crippen molar-refractivity contribution in [1.29, 1.82) is 0 Å². The maximum absolute atomic E-state index is 12.8. The summed E-state index contributed by atoms with van der Waals surface area (Å²) in [6, 6.07) is 7.18. The molecule has 0 aliphatic heterocycles. The van der Waals surface area contributed by atoms with Crippen LogP contribution < -0.4 is 10.8 Å². The van der Waals surface area contributed by atoms with E-state index in [0.29, 0.717) is 19.1 Å². The smallest absolute Gasteiger partial charge is 0.325 e. The first kappa shape index (κ1) is 30.0. The second-order valence-corrected chi connectivity index (χ2v) is 10.7. The second kappa shape index (κ2) is 15.1. The summed E-state index contributed by atoms with van der Waals surface area (Å²) in [5.74, 6) is -0.246. The number of hydrogen-bond donors (Lipinski definition) is 2. The van der Waals surface area contributed by atoms with Crippen molar-refractivity contribution in [2.24, 2.45) is 5.92 Å². The fraction of sp³-hybridized carbons (Fsp3) is 0.643. The molecule has 1 aliphatic rings. The van der Waals surface area contributed by atoms with Crippen molar-refractivity contribution in [1.82, 2.24) is 10.8 Å². The molecule has 202 valence electrons. The molecule has 8 nitrogen and oxygen atoms in total. The highest BCUT2D eigenvalue weighted by Gasteiger charge is 2.27. The minimum absolute atomic E-state index is 0.0147. The first-order chi connectivity index (χ1) is 17.0. The Balaban J connectivity index is 1.83. The number of benzene rings is 1. The molecule has 1 aromatic carbocycles. The number of carbonyl (C=O) groups is 2. The maximum Gasteiger partial charge on any atom is 0.325 e. The molecule has 0 spiro atoms. The van der Waals surface area contributed by atoms with Crippen LogP contribution in [-0.2, 0) is 35.2 Å². The van der Waals surface area contributed by atoms with Crippen molar-refractivity contribution in [3.05, 3.63) is 41.5 Å². The fourth-order valence-electron chi connectivity index (χ4n) is 3.49. The number of hydroxylamine groups is 1. The van der Waals surface area contributed by atoms with Gasteiger partial charge < -0.3 is 14.2 Å². The first-order valence-electron chi connectivity index (χ1n) is 12.9. The van der Waals surface area contributed by atoms with Gasteiger partial charge in [0, 0.05) is 12.6 Å². The Morgan fingerprint density at radius 3 is 2.33 bits per heavy atom. The summed E-state index contributed by atoms with van der Waals surface area (Å²) in [6.45, 7) is 13.0. The molecule has 1 aliphatic carbocycles. The second-order valence-electron chi connectivity index (χ2n) is 10.7. The number of carbonyl (C=O) groups excluding carboxylic acids is 2. The molecular formula is C28H44N2O6. The summed E-state index contributed by atoms with van der Waals surface area (Å²) in [5.41, 5.74) is 3.89. The monoisotopic (exact) mass is 504 g/mol. The largest absolute Gasteiger partial charge is 0.461 e. The van der Waals surface area contributed by atoms with Crippen LogP contribution in [0, 0.1) is 5.92 Å². The van der Waals surface area contributed by atoms with E-state index in [2.05, 4.69) is 10.8 Å². The molecule has 1 fully saturated rings. The van der Waals surface area contributed by atoms with E-state index in [4.69, 9.17) is 19.0 Å². The summed E-state index contributed by atoms with van der Waals surface area (Å²) in [6.07, 6.45) is 6.68. The van der Waals surface area contributed by atoms with Crippen molar-refractivity contribution in [2.75, 3.05) is 13.2 Å². The van der Waals surface area contributed by atoms with E-state index >= 15 is 0 Å². The van der Waals surface area contributed by atoms with Crippen LogP contribution in [-0.4, -0.2) is 49.1 Å². The van der Waals surface area contributed by atoms with E-state index in [1.54, 1.807) is 13.0 Å². The maximum atomic E-state index is 12.8. The summed E-state index contributed by atoms with van der Waals surface area (Å²) in [7, 11) is 0. The van der Waals surface area contributed by atoms with Crippen LogP contribution in [0.25, 0.3) is 6.08 Å². The molecule has 1 amide bonds. The number of hydrogen-bond acceptors (Lipinski definition) is 7. The average Bonchev–Trinajstić information content (AvgIpc) is 3.33. The molecular weight excluding hydrogens is 460 g/mol. The Kier molecular flexibility index (Phi) is 12.6. The quantitative estimate of drug-likeness (QED) is 0.166. The van der Waals surface area contributed by atoms with E-state index in [-0.39, 0.29) is 30.2 Å². The topological polar surface area (TPSA) is 95.1 Å². The molecule has 2 atom stereocenters. The van der Waals surface area contributed by atoms with Crippen LogP contribution in [0.1, 0.15) is 78.4 Å². The van der Waals surface area contributed by atoms with Crippen LogP contribution in [0.15, 0.2) is 30.3 Å². The lowest BCUT2D eigenvalue weighted by Gasteiger charge is -2.25. The summed E-state index contributed by atoms with van der Waals surface area (Å²) < 4.78 is 17.0. The van der Waals surface area contributed by atoms with Crippen LogP contribution in [0.4, 0.5) is 0 Å². The Morgan fingerprint density at radius 1 is 1.06 bits per heavy atom. The predicted molar refractivity (Wildman–Crippen MR) is 140 cm³/mol. The van der Waals surface area contributed by atoms with E-state index in [1.807, 2.05) is 58.9 Å². The van der Waals surface area contributed by atoms with Gasteiger partial charge in [-0.3, -0.25) is 14.9 Å². The molecule has 1 aromatic rings. The zero-order valence-corrected chi connectivity index (χ0v) is 22.7. The number of amides is 1. The molecule has 0 heterocycles. The molecule has 8 heteroatoms. The highest BCUT2D eigenvalue weighted by molar-refractivity contribution is 5.90. The molecule has 0 aromatic heterocycles. The third kappa shape index (κ3) is 12.6. The van der Waals surface area contributed by atoms with Crippen LogP contribution >= 0.6 is 0 Å². The van der Waals surface area contributed by atoms with Crippen molar-refractivity contribution in [3.63, 3.8) is 0 Å². The molecule has 36 heavy (non-hydrogen) atoms. The normalized spacial score (nSPS) is 16.4. The van der Waals surface area contributed by atoms with Gasteiger partial charge in [0.1, 0.15) is 12.1 Å². The van der Waals surface area contributed by atoms with E-state index < -0.39 is 12.3 Å². The third-order valence-corrected chi connectivity index (χ3v) is 5.50. The van der Waals surface area contributed by atoms with Crippen LogP contribution in [0.3, 0.4) is 0 Å². The molecule has 1 unspecified atom stereocenters. The minimum atomic E-state index is -0.542. The van der Waals surface area contributed by atoms with Crippen molar-refractivity contribution in [3.8, 4) is 0 Å². The van der Waals surface area contributed by atoms with E-state index in [9.17, 15) is 9.59 Å². The van der Waals surface area contributed by atoms with Gasteiger partial charge in [-0.25, -0.2) is 10.3 Å². The number of rotatable bonds is 14.